The second kappa shape index (κ2) is 4.61. The standard InChI is InChI=1S/C12H7BF4/c14-9-1-7(2-10(15)5-9)13-8-3-11(16)6-12(17)4-8/h1-6,13H. The number of hydrogen-bond acceptors (Lipinski definition) is 0. The van der Waals surface area contributed by atoms with E-state index < -0.39 is 23.3 Å². The van der Waals surface area contributed by atoms with E-state index in [2.05, 4.69) is 0 Å². The van der Waals surface area contributed by atoms with Crippen LogP contribution in [0.3, 0.4) is 0 Å². The van der Waals surface area contributed by atoms with Crippen molar-refractivity contribution in [3.05, 3.63) is 59.7 Å². The SMILES string of the molecule is Fc1cc(F)cc(Bc2cc(F)cc(F)c2)c1. The van der Waals surface area contributed by atoms with Crippen LogP contribution in [-0.4, -0.2) is 7.28 Å². The fourth-order valence-electron chi connectivity index (χ4n) is 1.66. The predicted octanol–water partition coefficient (Wildman–Crippen LogP) is 1.63. The average Bonchev–Trinajstić information content (AvgIpc) is 2.13. The van der Waals surface area contributed by atoms with Gasteiger partial charge in [0, 0.05) is 12.1 Å². The van der Waals surface area contributed by atoms with Crippen molar-refractivity contribution in [2.24, 2.45) is 0 Å². The summed E-state index contributed by atoms with van der Waals surface area (Å²) in [5.41, 5.74) is 0.653. The lowest BCUT2D eigenvalue weighted by molar-refractivity contribution is 0.585. The first-order valence-corrected chi connectivity index (χ1v) is 4.93. The number of halogens is 4. The molecule has 0 bridgehead atoms. The third-order valence-electron chi connectivity index (χ3n) is 2.25. The van der Waals surface area contributed by atoms with Gasteiger partial charge in [-0.1, -0.05) is 10.9 Å². The van der Waals surface area contributed by atoms with Crippen molar-refractivity contribution in [3.8, 4) is 0 Å². The van der Waals surface area contributed by atoms with Gasteiger partial charge in [0.2, 0.25) is 0 Å². The van der Waals surface area contributed by atoms with Gasteiger partial charge in [-0.3, -0.25) is 0 Å². The van der Waals surface area contributed by atoms with Gasteiger partial charge in [0.25, 0.3) is 0 Å². The maximum absolute atomic E-state index is 12.9. The molecule has 86 valence electrons. The highest BCUT2D eigenvalue weighted by Crippen LogP contribution is 2.01. The van der Waals surface area contributed by atoms with Crippen molar-refractivity contribution in [2.75, 3.05) is 0 Å². The van der Waals surface area contributed by atoms with E-state index in [0.29, 0.717) is 10.9 Å². The molecule has 0 N–H and O–H groups in total. The van der Waals surface area contributed by atoms with E-state index in [0.717, 1.165) is 36.4 Å². The molecule has 2 aromatic rings. The summed E-state index contributed by atoms with van der Waals surface area (Å²) in [6.45, 7) is 0. The van der Waals surface area contributed by atoms with E-state index in [9.17, 15) is 17.6 Å². The minimum Gasteiger partial charge on any atom is -0.207 e. The Kier molecular flexibility index (Phi) is 3.18. The van der Waals surface area contributed by atoms with Crippen LogP contribution in [0.2, 0.25) is 0 Å². The lowest BCUT2D eigenvalue weighted by atomic mass is 9.64. The van der Waals surface area contributed by atoms with E-state index in [1.54, 1.807) is 0 Å². The van der Waals surface area contributed by atoms with Crippen LogP contribution in [0.5, 0.6) is 0 Å². The second-order valence-corrected chi connectivity index (χ2v) is 3.73. The van der Waals surface area contributed by atoms with Crippen molar-refractivity contribution >= 4 is 18.2 Å². The van der Waals surface area contributed by atoms with Gasteiger partial charge in [-0.25, -0.2) is 17.6 Å². The van der Waals surface area contributed by atoms with Crippen LogP contribution >= 0.6 is 0 Å². The molecule has 0 saturated carbocycles. The van der Waals surface area contributed by atoms with Gasteiger partial charge >= 0.3 is 0 Å². The van der Waals surface area contributed by atoms with Gasteiger partial charge < -0.3 is 0 Å². The molecule has 0 atom stereocenters. The van der Waals surface area contributed by atoms with Gasteiger partial charge in [0.1, 0.15) is 23.3 Å². The van der Waals surface area contributed by atoms with Crippen LogP contribution in [-0.2, 0) is 0 Å². The number of rotatable bonds is 2. The van der Waals surface area contributed by atoms with Crippen molar-refractivity contribution in [3.63, 3.8) is 0 Å². The Bertz CT molecular complexity index is 464. The van der Waals surface area contributed by atoms with Crippen molar-refractivity contribution in [2.45, 2.75) is 0 Å². The molecule has 0 aliphatic carbocycles. The molecule has 0 nitrogen and oxygen atoms in total. The summed E-state index contributed by atoms with van der Waals surface area (Å²) >= 11 is 0. The molecule has 0 aliphatic heterocycles. The van der Waals surface area contributed by atoms with E-state index in [1.165, 1.54) is 0 Å². The fourth-order valence-corrected chi connectivity index (χ4v) is 1.66. The van der Waals surface area contributed by atoms with Crippen LogP contribution in [0.1, 0.15) is 0 Å². The van der Waals surface area contributed by atoms with Crippen LogP contribution in [0.15, 0.2) is 36.4 Å². The Labute approximate surface area is 96.1 Å². The normalized spacial score (nSPS) is 10.4. The third-order valence-corrected chi connectivity index (χ3v) is 2.25. The summed E-state index contributed by atoms with van der Waals surface area (Å²) in [4.78, 5) is 0. The Balaban J connectivity index is 2.31. The van der Waals surface area contributed by atoms with E-state index in [-0.39, 0.29) is 7.28 Å². The Morgan fingerprint density at radius 3 is 1.12 bits per heavy atom. The van der Waals surface area contributed by atoms with Crippen LogP contribution < -0.4 is 10.9 Å². The number of hydrogen-bond donors (Lipinski definition) is 0. The minimum absolute atomic E-state index is 0.0728. The third kappa shape index (κ3) is 3.09. The van der Waals surface area contributed by atoms with Crippen LogP contribution in [0.25, 0.3) is 0 Å². The molecule has 0 amide bonds. The fraction of sp³-hybridized carbons (Fsp3) is 0. The highest BCUT2D eigenvalue weighted by Gasteiger charge is 2.06. The van der Waals surface area contributed by atoms with Crippen LogP contribution in [0, 0.1) is 23.3 Å². The van der Waals surface area contributed by atoms with Gasteiger partial charge in [0.05, 0.1) is 0 Å². The molecule has 0 aromatic heterocycles. The van der Waals surface area contributed by atoms with E-state index >= 15 is 0 Å². The quantitative estimate of drug-likeness (QED) is 0.551. The molecule has 0 spiro atoms. The zero-order valence-corrected chi connectivity index (χ0v) is 8.68. The van der Waals surface area contributed by atoms with Crippen molar-refractivity contribution < 1.29 is 17.6 Å². The first-order chi connectivity index (χ1) is 8.02. The molecule has 0 fully saturated rings. The molecule has 0 radical (unpaired) electrons. The monoisotopic (exact) mass is 238 g/mol. The summed E-state index contributed by atoms with van der Waals surface area (Å²) in [6, 6.07) is 6.01. The second-order valence-electron chi connectivity index (χ2n) is 3.73. The molecule has 5 heteroatoms. The molecule has 0 aliphatic rings. The lowest BCUT2D eigenvalue weighted by Crippen LogP contribution is -2.28. The summed E-state index contributed by atoms with van der Waals surface area (Å²) in [6.07, 6.45) is 0. The summed E-state index contributed by atoms with van der Waals surface area (Å²) < 4.78 is 51.6. The maximum atomic E-state index is 12.9. The first-order valence-electron chi connectivity index (χ1n) is 4.93. The highest BCUT2D eigenvalue weighted by molar-refractivity contribution is 6.67. The average molecular weight is 238 g/mol. The predicted molar refractivity (Wildman–Crippen MR) is 59.1 cm³/mol. The summed E-state index contributed by atoms with van der Waals surface area (Å²) in [7, 11) is 0.0728. The topological polar surface area (TPSA) is 0 Å². The zero-order chi connectivity index (χ0) is 12.4. The molecule has 0 unspecified atom stereocenters. The maximum Gasteiger partial charge on any atom is 0.192 e. The molecule has 0 heterocycles. The van der Waals surface area contributed by atoms with Gasteiger partial charge in [-0.2, -0.15) is 0 Å². The van der Waals surface area contributed by atoms with Gasteiger partial charge in [-0.15, -0.1) is 0 Å². The lowest BCUT2D eigenvalue weighted by Gasteiger charge is -2.02. The molecular weight excluding hydrogens is 231 g/mol. The molecule has 2 rings (SSSR count). The Hall–Kier alpha value is -1.78. The summed E-state index contributed by atoms with van der Waals surface area (Å²) in [5.74, 6) is -2.84. The van der Waals surface area contributed by atoms with E-state index in [4.69, 9.17) is 0 Å². The zero-order valence-electron chi connectivity index (χ0n) is 8.68. The molecule has 2 aromatic carbocycles. The van der Waals surface area contributed by atoms with E-state index in [1.807, 2.05) is 0 Å². The highest BCUT2D eigenvalue weighted by atomic mass is 19.1. The molecule has 17 heavy (non-hydrogen) atoms. The van der Waals surface area contributed by atoms with Crippen LogP contribution in [0.4, 0.5) is 17.6 Å². The largest absolute Gasteiger partial charge is 0.207 e. The minimum atomic E-state index is -0.711. The molecular formula is C12H7BF4. The smallest absolute Gasteiger partial charge is 0.192 e. The van der Waals surface area contributed by atoms with Crippen molar-refractivity contribution in [1.29, 1.82) is 0 Å². The Morgan fingerprint density at radius 1 is 0.529 bits per heavy atom. The van der Waals surface area contributed by atoms with Gasteiger partial charge in [-0.05, 0) is 24.3 Å². The van der Waals surface area contributed by atoms with Crippen molar-refractivity contribution in [1.82, 2.24) is 0 Å². The Morgan fingerprint density at radius 2 is 0.824 bits per heavy atom. The van der Waals surface area contributed by atoms with Gasteiger partial charge in [0.15, 0.2) is 7.28 Å². The first kappa shape index (κ1) is 11.7. The summed E-state index contributed by atoms with van der Waals surface area (Å²) in [5, 5.41) is 0. The molecule has 0 saturated heterocycles. The number of benzene rings is 2.